The van der Waals surface area contributed by atoms with Crippen molar-refractivity contribution in [3.8, 4) is 6.07 Å². The van der Waals surface area contributed by atoms with Gasteiger partial charge in [-0.3, -0.25) is 9.97 Å². The van der Waals surface area contributed by atoms with Crippen LogP contribution < -0.4 is 10.2 Å². The van der Waals surface area contributed by atoms with Crippen LogP contribution in [-0.4, -0.2) is 47.7 Å². The SMILES string of the molecule is COC(=O)C(C)(C)N(c1ccc(C#N)c2nccnc12)[C@H]1CNC[C@@H](C)C1. The van der Waals surface area contributed by atoms with Crippen LogP contribution in [0.15, 0.2) is 24.5 Å². The molecular weight excluding hydrogens is 342 g/mol. The number of aromatic nitrogens is 2. The number of hydrogen-bond acceptors (Lipinski definition) is 7. The predicted molar refractivity (Wildman–Crippen MR) is 103 cm³/mol. The van der Waals surface area contributed by atoms with Crippen molar-refractivity contribution < 1.29 is 9.53 Å². The number of ether oxygens (including phenoxy) is 1. The Morgan fingerprint density at radius 3 is 2.63 bits per heavy atom. The largest absolute Gasteiger partial charge is 0.467 e. The minimum atomic E-state index is -0.906. The van der Waals surface area contributed by atoms with E-state index in [1.807, 2.05) is 19.9 Å². The first-order valence-electron chi connectivity index (χ1n) is 9.12. The Bertz CT molecular complexity index is 890. The van der Waals surface area contributed by atoms with E-state index in [0.29, 0.717) is 22.5 Å². The summed E-state index contributed by atoms with van der Waals surface area (Å²) < 4.78 is 5.10. The zero-order valence-corrected chi connectivity index (χ0v) is 16.2. The zero-order valence-electron chi connectivity index (χ0n) is 16.2. The molecule has 3 rings (SSSR count). The fraction of sp³-hybridized carbons (Fsp3) is 0.500. The molecule has 0 unspecified atom stereocenters. The van der Waals surface area contributed by atoms with Gasteiger partial charge in [-0.05, 0) is 44.9 Å². The molecule has 27 heavy (non-hydrogen) atoms. The minimum Gasteiger partial charge on any atom is -0.467 e. The van der Waals surface area contributed by atoms with Crippen molar-refractivity contribution in [2.45, 2.75) is 38.8 Å². The quantitative estimate of drug-likeness (QED) is 0.829. The van der Waals surface area contributed by atoms with E-state index in [1.165, 1.54) is 7.11 Å². The lowest BCUT2D eigenvalue weighted by atomic mass is 9.90. The highest BCUT2D eigenvalue weighted by Gasteiger charge is 2.42. The molecule has 0 amide bonds. The monoisotopic (exact) mass is 367 g/mol. The van der Waals surface area contributed by atoms with Gasteiger partial charge in [0.15, 0.2) is 0 Å². The number of fused-ring (bicyclic) bond motifs is 1. The summed E-state index contributed by atoms with van der Waals surface area (Å²) in [5.74, 6) is 0.164. The van der Waals surface area contributed by atoms with Crippen molar-refractivity contribution in [2.24, 2.45) is 5.92 Å². The molecule has 1 aromatic carbocycles. The van der Waals surface area contributed by atoms with Gasteiger partial charge in [-0.15, -0.1) is 0 Å². The van der Waals surface area contributed by atoms with Crippen molar-refractivity contribution in [3.05, 3.63) is 30.1 Å². The third kappa shape index (κ3) is 3.45. The molecule has 7 heteroatoms. The van der Waals surface area contributed by atoms with Crippen LogP contribution in [0, 0.1) is 17.2 Å². The molecule has 2 atom stereocenters. The zero-order chi connectivity index (χ0) is 19.6. The number of esters is 1. The van der Waals surface area contributed by atoms with Gasteiger partial charge in [0.2, 0.25) is 0 Å². The maximum absolute atomic E-state index is 12.7. The highest BCUT2D eigenvalue weighted by atomic mass is 16.5. The number of hydrogen-bond donors (Lipinski definition) is 1. The summed E-state index contributed by atoms with van der Waals surface area (Å²) in [6.07, 6.45) is 4.13. The lowest BCUT2D eigenvalue weighted by molar-refractivity contribution is -0.146. The molecule has 1 fully saturated rings. The van der Waals surface area contributed by atoms with Crippen LogP contribution in [0.4, 0.5) is 5.69 Å². The molecule has 1 aliphatic heterocycles. The maximum atomic E-state index is 12.7. The lowest BCUT2D eigenvalue weighted by Crippen LogP contribution is -2.60. The molecule has 2 heterocycles. The minimum absolute atomic E-state index is 0.0843. The van der Waals surface area contributed by atoms with Gasteiger partial charge in [0, 0.05) is 25.0 Å². The van der Waals surface area contributed by atoms with E-state index in [1.54, 1.807) is 18.5 Å². The van der Waals surface area contributed by atoms with Crippen LogP contribution in [0.2, 0.25) is 0 Å². The summed E-state index contributed by atoms with van der Waals surface area (Å²) >= 11 is 0. The number of carbonyl (C=O) groups excluding carboxylic acids is 1. The maximum Gasteiger partial charge on any atom is 0.331 e. The third-order valence-electron chi connectivity index (χ3n) is 5.18. The Balaban J connectivity index is 2.21. The average molecular weight is 367 g/mol. The van der Waals surface area contributed by atoms with Crippen LogP contribution >= 0.6 is 0 Å². The van der Waals surface area contributed by atoms with Crippen molar-refractivity contribution in [1.29, 1.82) is 5.26 Å². The average Bonchev–Trinajstić information content (AvgIpc) is 2.67. The summed E-state index contributed by atoms with van der Waals surface area (Å²) in [7, 11) is 1.40. The second-order valence-electron chi connectivity index (χ2n) is 7.57. The van der Waals surface area contributed by atoms with Crippen molar-refractivity contribution in [3.63, 3.8) is 0 Å². The number of nitrogens with zero attached hydrogens (tertiary/aromatic N) is 4. The molecule has 7 nitrogen and oxygen atoms in total. The first-order valence-corrected chi connectivity index (χ1v) is 9.12. The summed E-state index contributed by atoms with van der Waals surface area (Å²) in [5, 5.41) is 12.9. The van der Waals surface area contributed by atoms with Gasteiger partial charge in [0.1, 0.15) is 22.6 Å². The Hall–Kier alpha value is -2.72. The summed E-state index contributed by atoms with van der Waals surface area (Å²) in [6.45, 7) is 7.62. The van der Waals surface area contributed by atoms with E-state index in [0.717, 1.165) is 25.2 Å². The molecule has 1 saturated heterocycles. The van der Waals surface area contributed by atoms with E-state index in [4.69, 9.17) is 4.74 Å². The topological polar surface area (TPSA) is 91.1 Å². The molecule has 0 radical (unpaired) electrons. The molecule has 142 valence electrons. The third-order valence-corrected chi connectivity index (χ3v) is 5.18. The van der Waals surface area contributed by atoms with Gasteiger partial charge in [-0.25, -0.2) is 4.79 Å². The molecule has 0 saturated carbocycles. The molecular formula is C20H25N5O2. The fourth-order valence-corrected chi connectivity index (χ4v) is 3.95. The number of benzene rings is 1. The molecule has 0 spiro atoms. The molecule has 1 aliphatic rings. The number of rotatable bonds is 4. The summed E-state index contributed by atoms with van der Waals surface area (Å²) in [5.41, 5.74) is 1.50. The number of nitriles is 1. The van der Waals surface area contributed by atoms with Crippen molar-refractivity contribution in [1.82, 2.24) is 15.3 Å². The summed E-state index contributed by atoms with van der Waals surface area (Å²) in [4.78, 5) is 23.6. The molecule has 1 aromatic heterocycles. The first kappa shape index (κ1) is 19.1. The highest BCUT2D eigenvalue weighted by molar-refractivity contribution is 5.95. The van der Waals surface area contributed by atoms with Gasteiger partial charge in [-0.2, -0.15) is 5.26 Å². The number of anilines is 1. The van der Waals surface area contributed by atoms with E-state index in [-0.39, 0.29) is 12.0 Å². The highest BCUT2D eigenvalue weighted by Crippen LogP contribution is 2.35. The Morgan fingerprint density at radius 1 is 1.30 bits per heavy atom. The van der Waals surface area contributed by atoms with E-state index in [2.05, 4.69) is 33.2 Å². The van der Waals surface area contributed by atoms with Gasteiger partial charge in [0.05, 0.1) is 18.4 Å². The van der Waals surface area contributed by atoms with Gasteiger partial charge in [0.25, 0.3) is 0 Å². The molecule has 2 aromatic rings. The smallest absolute Gasteiger partial charge is 0.331 e. The fourth-order valence-electron chi connectivity index (χ4n) is 3.95. The normalized spacial score (nSPS) is 20.1. The van der Waals surface area contributed by atoms with Gasteiger partial charge in [-0.1, -0.05) is 6.92 Å². The van der Waals surface area contributed by atoms with E-state index in [9.17, 15) is 10.1 Å². The lowest BCUT2D eigenvalue weighted by Gasteiger charge is -2.46. The standard InChI is InChI=1S/C20H25N5O2/c1-13-9-15(12-22-11-13)25(20(2,3)19(26)27-4)16-6-5-14(10-21)17-18(16)24-8-7-23-17/h5-8,13,15,22H,9,11-12H2,1-4H3/t13-,15+/m0/s1. The number of carbonyl (C=O) groups is 1. The Morgan fingerprint density at radius 2 is 2.00 bits per heavy atom. The van der Waals surface area contributed by atoms with Crippen LogP contribution in [0.25, 0.3) is 11.0 Å². The van der Waals surface area contributed by atoms with Crippen molar-refractivity contribution >= 4 is 22.7 Å². The predicted octanol–water partition coefficient (Wildman–Crippen LogP) is 2.26. The number of nitrogens with one attached hydrogen (secondary N) is 1. The number of piperidine rings is 1. The van der Waals surface area contributed by atoms with E-state index >= 15 is 0 Å². The second-order valence-corrected chi connectivity index (χ2v) is 7.57. The Labute approximate surface area is 159 Å². The molecule has 1 N–H and O–H groups in total. The summed E-state index contributed by atoms with van der Waals surface area (Å²) in [6, 6.07) is 5.86. The number of methoxy groups -OCH3 is 1. The van der Waals surface area contributed by atoms with Crippen molar-refractivity contribution in [2.75, 3.05) is 25.1 Å². The Kier molecular flexibility index (Phi) is 5.29. The second kappa shape index (κ2) is 7.49. The van der Waals surface area contributed by atoms with Gasteiger partial charge < -0.3 is 15.0 Å². The van der Waals surface area contributed by atoms with Gasteiger partial charge >= 0.3 is 5.97 Å². The molecule has 0 aliphatic carbocycles. The molecule has 0 bridgehead atoms. The van der Waals surface area contributed by atoms with E-state index < -0.39 is 5.54 Å². The van der Waals surface area contributed by atoms with Crippen LogP contribution in [0.1, 0.15) is 32.8 Å². The van der Waals surface area contributed by atoms with Crippen LogP contribution in [0.3, 0.4) is 0 Å². The van der Waals surface area contributed by atoms with Crippen LogP contribution in [0.5, 0.6) is 0 Å². The van der Waals surface area contributed by atoms with Crippen LogP contribution in [-0.2, 0) is 9.53 Å². The first-order chi connectivity index (χ1) is 12.9.